The fraction of sp³-hybridized carbons (Fsp3) is 0.200. The van der Waals surface area contributed by atoms with E-state index in [0.717, 1.165) is 21.2 Å². The first-order valence-corrected chi connectivity index (χ1v) is 6.92. The third kappa shape index (κ3) is 3.14. The van der Waals surface area contributed by atoms with Gasteiger partial charge in [-0.05, 0) is 30.2 Å². The second kappa shape index (κ2) is 5.87. The monoisotopic (exact) mass is 324 g/mol. The van der Waals surface area contributed by atoms with E-state index in [2.05, 4.69) is 15.9 Å². The molecule has 2 rings (SSSR count). The highest BCUT2D eigenvalue weighted by Crippen LogP contribution is 2.29. The normalized spacial score (nSPS) is 12.4. The van der Waals surface area contributed by atoms with Gasteiger partial charge in [-0.2, -0.15) is 0 Å². The Labute approximate surface area is 121 Å². The molecule has 0 aliphatic carbocycles. The average molecular weight is 326 g/mol. The van der Waals surface area contributed by atoms with E-state index in [-0.39, 0.29) is 0 Å². The summed E-state index contributed by atoms with van der Waals surface area (Å²) in [6.45, 7) is 2.01. The van der Waals surface area contributed by atoms with Gasteiger partial charge in [0.15, 0.2) is 0 Å². The second-order valence-corrected chi connectivity index (χ2v) is 5.60. The number of aryl methyl sites for hydroxylation is 1. The first kappa shape index (κ1) is 13.6. The van der Waals surface area contributed by atoms with Crippen LogP contribution in [0.5, 0.6) is 0 Å². The highest BCUT2D eigenvalue weighted by Gasteiger charge is 2.13. The van der Waals surface area contributed by atoms with Crippen LogP contribution >= 0.6 is 27.5 Å². The third-order valence-electron chi connectivity index (χ3n) is 2.88. The van der Waals surface area contributed by atoms with E-state index in [1.807, 2.05) is 49.4 Å². The van der Waals surface area contributed by atoms with Crippen LogP contribution in [-0.4, -0.2) is 5.11 Å². The quantitative estimate of drug-likeness (QED) is 0.868. The first-order chi connectivity index (χ1) is 8.58. The highest BCUT2D eigenvalue weighted by atomic mass is 79.9. The fourth-order valence-electron chi connectivity index (χ4n) is 1.90. The SMILES string of the molecule is Cc1ccc(Br)c(C(O)Cc2ccccc2Cl)c1. The average Bonchev–Trinajstić information content (AvgIpc) is 2.35. The molecule has 18 heavy (non-hydrogen) atoms. The van der Waals surface area contributed by atoms with Gasteiger partial charge in [-0.15, -0.1) is 0 Å². The minimum Gasteiger partial charge on any atom is -0.388 e. The molecule has 1 nitrogen and oxygen atoms in total. The number of benzene rings is 2. The molecule has 0 amide bonds. The van der Waals surface area contributed by atoms with E-state index in [1.54, 1.807) is 0 Å². The lowest BCUT2D eigenvalue weighted by Crippen LogP contribution is -2.03. The summed E-state index contributed by atoms with van der Waals surface area (Å²) >= 11 is 9.57. The molecule has 0 saturated heterocycles. The van der Waals surface area contributed by atoms with Gasteiger partial charge in [-0.25, -0.2) is 0 Å². The van der Waals surface area contributed by atoms with Gasteiger partial charge in [0.2, 0.25) is 0 Å². The molecule has 0 bridgehead atoms. The van der Waals surface area contributed by atoms with Crippen molar-refractivity contribution in [3.8, 4) is 0 Å². The Balaban J connectivity index is 2.25. The second-order valence-electron chi connectivity index (χ2n) is 4.34. The van der Waals surface area contributed by atoms with Crippen LogP contribution in [0.15, 0.2) is 46.9 Å². The summed E-state index contributed by atoms with van der Waals surface area (Å²) in [6, 6.07) is 13.6. The van der Waals surface area contributed by atoms with Crippen LogP contribution in [0.4, 0.5) is 0 Å². The van der Waals surface area contributed by atoms with Crippen LogP contribution in [0.25, 0.3) is 0 Å². The van der Waals surface area contributed by atoms with E-state index in [4.69, 9.17) is 11.6 Å². The maximum Gasteiger partial charge on any atom is 0.0841 e. The highest BCUT2D eigenvalue weighted by molar-refractivity contribution is 9.10. The van der Waals surface area contributed by atoms with Crippen molar-refractivity contribution in [2.75, 3.05) is 0 Å². The van der Waals surface area contributed by atoms with Crippen molar-refractivity contribution in [2.24, 2.45) is 0 Å². The molecule has 0 saturated carbocycles. The van der Waals surface area contributed by atoms with Gasteiger partial charge < -0.3 is 5.11 Å². The van der Waals surface area contributed by atoms with Gasteiger partial charge in [0.1, 0.15) is 0 Å². The summed E-state index contributed by atoms with van der Waals surface area (Å²) < 4.78 is 0.924. The lowest BCUT2D eigenvalue weighted by molar-refractivity contribution is 0.177. The van der Waals surface area contributed by atoms with Gasteiger partial charge in [0, 0.05) is 15.9 Å². The van der Waals surface area contributed by atoms with Gasteiger partial charge in [0.25, 0.3) is 0 Å². The molecule has 3 heteroatoms. The van der Waals surface area contributed by atoms with E-state index in [1.165, 1.54) is 0 Å². The molecular weight excluding hydrogens is 312 g/mol. The van der Waals surface area contributed by atoms with E-state index >= 15 is 0 Å². The molecule has 0 aliphatic rings. The minimum atomic E-state index is -0.556. The third-order valence-corrected chi connectivity index (χ3v) is 3.97. The van der Waals surface area contributed by atoms with Gasteiger partial charge in [0.05, 0.1) is 6.10 Å². The molecule has 2 aromatic carbocycles. The summed E-state index contributed by atoms with van der Waals surface area (Å²) in [5.74, 6) is 0. The Morgan fingerprint density at radius 3 is 2.67 bits per heavy atom. The largest absolute Gasteiger partial charge is 0.388 e. The number of aliphatic hydroxyl groups is 1. The van der Waals surface area contributed by atoms with Crippen LogP contribution in [0, 0.1) is 6.92 Å². The minimum absolute atomic E-state index is 0.516. The van der Waals surface area contributed by atoms with Crippen molar-refractivity contribution in [2.45, 2.75) is 19.4 Å². The maximum absolute atomic E-state index is 10.3. The van der Waals surface area contributed by atoms with Gasteiger partial charge >= 0.3 is 0 Å². The standard InChI is InChI=1S/C15H14BrClO/c1-10-6-7-13(16)12(8-10)15(18)9-11-4-2-3-5-14(11)17/h2-8,15,18H,9H2,1H3. The summed E-state index contributed by atoms with van der Waals surface area (Å²) in [5, 5.41) is 11.0. The molecule has 2 aromatic rings. The Morgan fingerprint density at radius 2 is 1.94 bits per heavy atom. The molecule has 1 atom stereocenters. The van der Waals surface area contributed by atoms with E-state index in [0.29, 0.717) is 11.4 Å². The molecule has 0 heterocycles. The molecule has 0 radical (unpaired) electrons. The van der Waals surface area contributed by atoms with Crippen LogP contribution in [0.3, 0.4) is 0 Å². The Morgan fingerprint density at radius 1 is 1.22 bits per heavy atom. The van der Waals surface area contributed by atoms with E-state index < -0.39 is 6.10 Å². The predicted octanol–water partition coefficient (Wildman–Crippen LogP) is 4.69. The lowest BCUT2D eigenvalue weighted by Gasteiger charge is -2.14. The number of aliphatic hydroxyl groups excluding tert-OH is 1. The van der Waals surface area contributed by atoms with Crippen molar-refractivity contribution in [1.29, 1.82) is 0 Å². The first-order valence-electron chi connectivity index (χ1n) is 5.75. The molecular formula is C15H14BrClO. The smallest absolute Gasteiger partial charge is 0.0841 e. The van der Waals surface area contributed by atoms with Gasteiger partial charge in [-0.1, -0.05) is 63.4 Å². The fourth-order valence-corrected chi connectivity index (χ4v) is 2.62. The molecule has 1 unspecified atom stereocenters. The van der Waals surface area contributed by atoms with Crippen molar-refractivity contribution < 1.29 is 5.11 Å². The van der Waals surface area contributed by atoms with Crippen molar-refractivity contribution in [3.05, 3.63) is 68.7 Å². The van der Waals surface area contributed by atoms with Crippen molar-refractivity contribution in [3.63, 3.8) is 0 Å². The van der Waals surface area contributed by atoms with Crippen molar-refractivity contribution in [1.82, 2.24) is 0 Å². The summed E-state index contributed by atoms with van der Waals surface area (Å²) in [4.78, 5) is 0. The Kier molecular flexibility index (Phi) is 4.44. The zero-order valence-electron chi connectivity index (χ0n) is 10.0. The van der Waals surface area contributed by atoms with Crippen LogP contribution in [-0.2, 0) is 6.42 Å². The zero-order valence-corrected chi connectivity index (χ0v) is 12.4. The summed E-state index contributed by atoms with van der Waals surface area (Å²) in [5.41, 5.74) is 2.99. The molecule has 0 aromatic heterocycles. The molecule has 0 aliphatic heterocycles. The molecule has 94 valence electrons. The van der Waals surface area contributed by atoms with E-state index in [9.17, 15) is 5.11 Å². The zero-order chi connectivity index (χ0) is 13.1. The van der Waals surface area contributed by atoms with Crippen LogP contribution in [0.2, 0.25) is 5.02 Å². The molecule has 0 spiro atoms. The van der Waals surface area contributed by atoms with Gasteiger partial charge in [-0.3, -0.25) is 0 Å². The number of hydrogen-bond acceptors (Lipinski definition) is 1. The lowest BCUT2D eigenvalue weighted by atomic mass is 10.00. The molecule has 0 fully saturated rings. The number of hydrogen-bond donors (Lipinski definition) is 1. The maximum atomic E-state index is 10.3. The topological polar surface area (TPSA) is 20.2 Å². The summed E-state index contributed by atoms with van der Waals surface area (Å²) in [6.07, 6.45) is -0.0407. The number of rotatable bonds is 3. The molecule has 1 N–H and O–H groups in total. The Bertz CT molecular complexity index is 554. The van der Waals surface area contributed by atoms with Crippen molar-refractivity contribution >= 4 is 27.5 Å². The van der Waals surface area contributed by atoms with Crippen LogP contribution < -0.4 is 0 Å². The summed E-state index contributed by atoms with van der Waals surface area (Å²) in [7, 11) is 0. The number of halogens is 2. The predicted molar refractivity (Wildman–Crippen MR) is 79.0 cm³/mol. The Hall–Kier alpha value is -0.830. The van der Waals surface area contributed by atoms with Crippen LogP contribution in [0.1, 0.15) is 22.8 Å².